The standard InChI is InChI=1S/C9H11ClOS/c1-2-5-12-7-3-4-9(11)8(10)6-7/h3-4,6,11H,2,5H2,1H3. The van der Waals surface area contributed by atoms with Gasteiger partial charge in [0.15, 0.2) is 0 Å². The maximum absolute atomic E-state index is 9.13. The molecule has 0 spiro atoms. The van der Waals surface area contributed by atoms with Crippen LogP contribution in [0, 0.1) is 0 Å². The minimum Gasteiger partial charge on any atom is -0.506 e. The molecule has 1 aromatic carbocycles. The molecule has 3 heteroatoms. The van der Waals surface area contributed by atoms with Crippen LogP contribution in [0.2, 0.25) is 5.02 Å². The van der Waals surface area contributed by atoms with Crippen molar-refractivity contribution in [2.45, 2.75) is 18.2 Å². The van der Waals surface area contributed by atoms with E-state index in [1.807, 2.05) is 6.07 Å². The third kappa shape index (κ3) is 2.61. The largest absolute Gasteiger partial charge is 0.506 e. The van der Waals surface area contributed by atoms with Crippen LogP contribution in [-0.4, -0.2) is 10.9 Å². The van der Waals surface area contributed by atoms with E-state index in [-0.39, 0.29) is 5.75 Å². The predicted octanol–water partition coefficient (Wildman–Crippen LogP) is 3.55. The third-order valence-corrected chi connectivity index (χ3v) is 2.89. The number of phenolic OH excluding ortho intramolecular Hbond substituents is 1. The highest BCUT2D eigenvalue weighted by atomic mass is 35.5. The van der Waals surface area contributed by atoms with Gasteiger partial charge in [-0.2, -0.15) is 0 Å². The van der Waals surface area contributed by atoms with Crippen LogP contribution in [0.5, 0.6) is 5.75 Å². The number of thioether (sulfide) groups is 1. The van der Waals surface area contributed by atoms with Crippen LogP contribution in [0.1, 0.15) is 13.3 Å². The molecule has 0 fully saturated rings. The van der Waals surface area contributed by atoms with Gasteiger partial charge in [0, 0.05) is 4.90 Å². The minimum absolute atomic E-state index is 0.150. The first-order chi connectivity index (χ1) is 5.74. The van der Waals surface area contributed by atoms with Gasteiger partial charge in [0.1, 0.15) is 5.75 Å². The summed E-state index contributed by atoms with van der Waals surface area (Å²) in [6, 6.07) is 5.29. The van der Waals surface area contributed by atoms with Crippen molar-refractivity contribution in [1.29, 1.82) is 0 Å². The van der Waals surface area contributed by atoms with E-state index >= 15 is 0 Å². The lowest BCUT2D eigenvalue weighted by atomic mass is 10.3. The Kier molecular flexibility index (Phi) is 3.76. The molecule has 0 aliphatic rings. The number of hydrogen-bond donors (Lipinski definition) is 1. The molecule has 0 aliphatic heterocycles. The Morgan fingerprint density at radius 2 is 2.25 bits per heavy atom. The maximum atomic E-state index is 9.13. The average Bonchev–Trinajstić information content (AvgIpc) is 2.07. The van der Waals surface area contributed by atoms with E-state index in [0.29, 0.717) is 5.02 Å². The molecule has 0 saturated heterocycles. The lowest BCUT2D eigenvalue weighted by Gasteiger charge is -2.01. The van der Waals surface area contributed by atoms with E-state index in [4.69, 9.17) is 16.7 Å². The summed E-state index contributed by atoms with van der Waals surface area (Å²) < 4.78 is 0. The Labute approximate surface area is 81.7 Å². The van der Waals surface area contributed by atoms with Crippen LogP contribution in [0.3, 0.4) is 0 Å². The SMILES string of the molecule is CCCSc1ccc(O)c(Cl)c1. The smallest absolute Gasteiger partial charge is 0.134 e. The van der Waals surface area contributed by atoms with Gasteiger partial charge in [0.25, 0.3) is 0 Å². The summed E-state index contributed by atoms with van der Waals surface area (Å²) in [6.07, 6.45) is 1.14. The zero-order valence-corrected chi connectivity index (χ0v) is 8.45. The van der Waals surface area contributed by atoms with Crippen molar-refractivity contribution in [3.63, 3.8) is 0 Å². The Hall–Kier alpha value is -0.340. The number of halogens is 1. The molecule has 1 N–H and O–H groups in total. The molecule has 0 unspecified atom stereocenters. The molecule has 1 nitrogen and oxygen atoms in total. The topological polar surface area (TPSA) is 20.2 Å². The summed E-state index contributed by atoms with van der Waals surface area (Å²) in [5.41, 5.74) is 0. The number of rotatable bonds is 3. The lowest BCUT2D eigenvalue weighted by Crippen LogP contribution is -1.76. The number of benzene rings is 1. The fraction of sp³-hybridized carbons (Fsp3) is 0.333. The van der Waals surface area contributed by atoms with Gasteiger partial charge in [-0.25, -0.2) is 0 Å². The van der Waals surface area contributed by atoms with Crippen molar-refractivity contribution < 1.29 is 5.11 Å². The first-order valence-electron chi connectivity index (χ1n) is 3.85. The number of phenols is 1. The second-order valence-corrected chi connectivity index (χ2v) is 4.04. The van der Waals surface area contributed by atoms with Gasteiger partial charge in [0.05, 0.1) is 5.02 Å². The van der Waals surface area contributed by atoms with Crippen LogP contribution >= 0.6 is 23.4 Å². The van der Waals surface area contributed by atoms with Gasteiger partial charge in [-0.05, 0) is 30.4 Å². The van der Waals surface area contributed by atoms with E-state index in [1.165, 1.54) is 0 Å². The first kappa shape index (κ1) is 9.75. The van der Waals surface area contributed by atoms with Gasteiger partial charge in [-0.15, -0.1) is 11.8 Å². The maximum Gasteiger partial charge on any atom is 0.134 e. The predicted molar refractivity (Wildman–Crippen MR) is 54.1 cm³/mol. The highest BCUT2D eigenvalue weighted by Crippen LogP contribution is 2.28. The van der Waals surface area contributed by atoms with Crippen LogP contribution in [-0.2, 0) is 0 Å². The normalized spacial score (nSPS) is 10.2. The lowest BCUT2D eigenvalue weighted by molar-refractivity contribution is 0.475. The van der Waals surface area contributed by atoms with Crippen LogP contribution in [0.15, 0.2) is 23.1 Å². The van der Waals surface area contributed by atoms with Crippen LogP contribution < -0.4 is 0 Å². The molecule has 0 amide bonds. The van der Waals surface area contributed by atoms with Gasteiger partial charge in [-0.1, -0.05) is 18.5 Å². The van der Waals surface area contributed by atoms with Gasteiger partial charge in [-0.3, -0.25) is 0 Å². The van der Waals surface area contributed by atoms with Crippen molar-refractivity contribution in [3.05, 3.63) is 23.2 Å². The van der Waals surface area contributed by atoms with Crippen molar-refractivity contribution in [1.82, 2.24) is 0 Å². The molecule has 0 radical (unpaired) electrons. The van der Waals surface area contributed by atoms with E-state index in [2.05, 4.69) is 6.92 Å². The molecule has 0 bridgehead atoms. The molecule has 66 valence electrons. The first-order valence-corrected chi connectivity index (χ1v) is 5.21. The summed E-state index contributed by atoms with van der Waals surface area (Å²) in [6.45, 7) is 2.13. The summed E-state index contributed by atoms with van der Waals surface area (Å²) >= 11 is 7.48. The molecule has 0 aliphatic carbocycles. The van der Waals surface area contributed by atoms with E-state index in [0.717, 1.165) is 17.1 Å². The van der Waals surface area contributed by atoms with E-state index in [1.54, 1.807) is 23.9 Å². The summed E-state index contributed by atoms with van der Waals surface area (Å²) in [7, 11) is 0. The molecule has 0 aromatic heterocycles. The van der Waals surface area contributed by atoms with Crippen molar-refractivity contribution in [2.75, 3.05) is 5.75 Å². The van der Waals surface area contributed by atoms with Gasteiger partial charge >= 0.3 is 0 Å². The molecule has 12 heavy (non-hydrogen) atoms. The molecule has 1 aromatic rings. The van der Waals surface area contributed by atoms with Gasteiger partial charge in [0.2, 0.25) is 0 Å². The Bertz CT molecular complexity index is 263. The van der Waals surface area contributed by atoms with Crippen LogP contribution in [0.4, 0.5) is 0 Å². The monoisotopic (exact) mass is 202 g/mol. The summed E-state index contributed by atoms with van der Waals surface area (Å²) in [5.74, 6) is 1.23. The third-order valence-electron chi connectivity index (χ3n) is 1.39. The quantitative estimate of drug-likeness (QED) is 0.757. The molecule has 0 atom stereocenters. The van der Waals surface area contributed by atoms with Crippen molar-refractivity contribution >= 4 is 23.4 Å². The average molecular weight is 203 g/mol. The Morgan fingerprint density at radius 1 is 1.50 bits per heavy atom. The fourth-order valence-corrected chi connectivity index (χ4v) is 1.85. The molecular weight excluding hydrogens is 192 g/mol. The number of hydrogen-bond acceptors (Lipinski definition) is 2. The zero-order valence-electron chi connectivity index (χ0n) is 6.88. The summed E-state index contributed by atoms with van der Waals surface area (Å²) in [4.78, 5) is 1.11. The molecule has 1 rings (SSSR count). The van der Waals surface area contributed by atoms with Gasteiger partial charge < -0.3 is 5.11 Å². The highest BCUT2D eigenvalue weighted by molar-refractivity contribution is 7.99. The van der Waals surface area contributed by atoms with Crippen LogP contribution in [0.25, 0.3) is 0 Å². The Morgan fingerprint density at radius 3 is 2.83 bits per heavy atom. The van der Waals surface area contributed by atoms with E-state index < -0.39 is 0 Å². The number of aromatic hydroxyl groups is 1. The summed E-state index contributed by atoms with van der Waals surface area (Å²) in [5, 5.41) is 9.55. The molecule has 0 heterocycles. The fourth-order valence-electron chi connectivity index (χ4n) is 0.797. The highest BCUT2D eigenvalue weighted by Gasteiger charge is 1.99. The zero-order chi connectivity index (χ0) is 8.97. The van der Waals surface area contributed by atoms with Crippen molar-refractivity contribution in [2.24, 2.45) is 0 Å². The molecular formula is C9H11ClOS. The second kappa shape index (κ2) is 4.63. The van der Waals surface area contributed by atoms with Crippen molar-refractivity contribution in [3.8, 4) is 5.75 Å². The van der Waals surface area contributed by atoms with E-state index in [9.17, 15) is 0 Å². The second-order valence-electron chi connectivity index (χ2n) is 2.46. The molecule has 0 saturated carbocycles. The Balaban J connectivity index is 2.69. The minimum atomic E-state index is 0.150.